The van der Waals surface area contributed by atoms with Gasteiger partial charge in [-0.15, -0.1) is 11.6 Å². The Bertz CT molecular complexity index is 75.3. The summed E-state index contributed by atoms with van der Waals surface area (Å²) in [5.41, 5.74) is 0. The van der Waals surface area contributed by atoms with Crippen LogP contribution in [0, 0.1) is 0 Å². The molecule has 0 aromatic rings. The van der Waals surface area contributed by atoms with Crippen LogP contribution in [0.1, 0.15) is 13.8 Å². The third-order valence-electron chi connectivity index (χ3n) is 0.599. The van der Waals surface area contributed by atoms with Gasteiger partial charge in [0.15, 0.2) is 0 Å². The summed E-state index contributed by atoms with van der Waals surface area (Å²) >= 11 is 5.34. The van der Waals surface area contributed by atoms with Gasteiger partial charge in [0.1, 0.15) is 0 Å². The van der Waals surface area contributed by atoms with Crippen molar-refractivity contribution in [1.29, 1.82) is 0 Å². The van der Waals surface area contributed by atoms with Crippen molar-refractivity contribution in [3.05, 3.63) is 24.4 Å². The molecule has 0 saturated carbocycles. The van der Waals surface area contributed by atoms with Gasteiger partial charge in [-0.25, -0.2) is 0 Å². The van der Waals surface area contributed by atoms with Gasteiger partial charge in [-0.05, 0) is 12.3 Å². The maximum absolute atomic E-state index is 5.34. The molecule has 0 bridgehead atoms. The molecule has 0 fully saturated rings. The van der Waals surface area contributed by atoms with Crippen LogP contribution < -0.4 is 5.32 Å². The standard InChI is InChI=1S/C6H10ClN.C2H6/c1-8-6-4-2-3-5-7;1-2/h2-4,6,8H,5H2,1H3;1-2H3/b3-2-,6-4-;. The third kappa shape index (κ3) is 15.6. The Hall–Kier alpha value is -0.430. The van der Waals surface area contributed by atoms with E-state index in [1.54, 1.807) is 0 Å². The summed E-state index contributed by atoms with van der Waals surface area (Å²) in [5, 5.41) is 2.85. The van der Waals surface area contributed by atoms with E-state index in [1.165, 1.54) is 0 Å². The van der Waals surface area contributed by atoms with Crippen molar-refractivity contribution in [2.24, 2.45) is 0 Å². The molecule has 0 aromatic carbocycles. The smallest absolute Gasteiger partial charge is 0.0407 e. The van der Waals surface area contributed by atoms with Crippen molar-refractivity contribution in [3.63, 3.8) is 0 Å². The summed E-state index contributed by atoms with van der Waals surface area (Å²) < 4.78 is 0. The Morgan fingerprint density at radius 3 is 2.30 bits per heavy atom. The minimum absolute atomic E-state index is 0.577. The minimum atomic E-state index is 0.577. The van der Waals surface area contributed by atoms with Crippen molar-refractivity contribution in [2.45, 2.75) is 13.8 Å². The first-order valence-corrected chi connectivity index (χ1v) is 4.00. The van der Waals surface area contributed by atoms with E-state index in [2.05, 4.69) is 5.32 Å². The highest BCUT2D eigenvalue weighted by Crippen LogP contribution is 1.77. The molecule has 0 saturated heterocycles. The Balaban J connectivity index is 0. The van der Waals surface area contributed by atoms with Crippen LogP contribution in [0.4, 0.5) is 0 Å². The maximum Gasteiger partial charge on any atom is 0.0407 e. The first-order valence-electron chi connectivity index (χ1n) is 3.46. The zero-order chi connectivity index (χ0) is 8.24. The predicted octanol–water partition coefficient (Wildman–Crippen LogP) is 2.54. The van der Waals surface area contributed by atoms with Gasteiger partial charge in [-0.3, -0.25) is 0 Å². The summed E-state index contributed by atoms with van der Waals surface area (Å²) in [7, 11) is 1.85. The van der Waals surface area contributed by atoms with Crippen LogP contribution in [0.25, 0.3) is 0 Å². The van der Waals surface area contributed by atoms with Crippen molar-refractivity contribution in [2.75, 3.05) is 12.9 Å². The second kappa shape index (κ2) is 15.8. The fourth-order valence-corrected chi connectivity index (χ4v) is 0.385. The highest BCUT2D eigenvalue weighted by atomic mass is 35.5. The van der Waals surface area contributed by atoms with Crippen LogP contribution in [-0.2, 0) is 0 Å². The largest absolute Gasteiger partial charge is 0.394 e. The molecule has 10 heavy (non-hydrogen) atoms. The zero-order valence-corrected chi connectivity index (χ0v) is 7.65. The zero-order valence-electron chi connectivity index (χ0n) is 6.89. The molecule has 0 amide bonds. The lowest BCUT2D eigenvalue weighted by atomic mass is 10.5. The average Bonchev–Trinajstić information content (AvgIpc) is 2.02. The molecule has 0 aromatic heterocycles. The van der Waals surface area contributed by atoms with Crippen molar-refractivity contribution in [3.8, 4) is 0 Å². The van der Waals surface area contributed by atoms with Gasteiger partial charge in [0.2, 0.25) is 0 Å². The SMILES string of the molecule is CC.CN/C=C\C=C/CCl. The molecule has 60 valence electrons. The molecule has 1 N–H and O–H groups in total. The number of halogens is 1. The van der Waals surface area contributed by atoms with Crippen LogP contribution in [0.5, 0.6) is 0 Å². The van der Waals surface area contributed by atoms with Gasteiger partial charge >= 0.3 is 0 Å². The van der Waals surface area contributed by atoms with E-state index in [4.69, 9.17) is 11.6 Å². The van der Waals surface area contributed by atoms with E-state index in [-0.39, 0.29) is 0 Å². The summed E-state index contributed by atoms with van der Waals surface area (Å²) in [5.74, 6) is 0.577. The van der Waals surface area contributed by atoms with E-state index in [1.807, 2.05) is 45.3 Å². The molecule has 0 atom stereocenters. The molecule has 0 radical (unpaired) electrons. The van der Waals surface area contributed by atoms with Crippen LogP contribution in [0.3, 0.4) is 0 Å². The Kier molecular flexibility index (Phi) is 19.4. The van der Waals surface area contributed by atoms with E-state index in [0.29, 0.717) is 5.88 Å². The molecule has 0 spiro atoms. The van der Waals surface area contributed by atoms with Gasteiger partial charge in [-0.1, -0.05) is 26.0 Å². The first-order chi connectivity index (χ1) is 4.91. The fourth-order valence-electron chi connectivity index (χ4n) is 0.282. The Labute approximate surface area is 68.8 Å². The van der Waals surface area contributed by atoms with E-state index in [0.717, 1.165) is 0 Å². The van der Waals surface area contributed by atoms with E-state index >= 15 is 0 Å². The van der Waals surface area contributed by atoms with E-state index in [9.17, 15) is 0 Å². The lowest BCUT2D eigenvalue weighted by Crippen LogP contribution is -1.89. The normalized spacial score (nSPS) is 9.60. The number of rotatable bonds is 3. The van der Waals surface area contributed by atoms with Crippen LogP contribution >= 0.6 is 11.6 Å². The first kappa shape index (κ1) is 12.3. The third-order valence-corrected chi connectivity index (χ3v) is 0.777. The summed E-state index contributed by atoms with van der Waals surface area (Å²) in [6.45, 7) is 4.00. The number of alkyl halides is 1. The van der Waals surface area contributed by atoms with Gasteiger partial charge in [0.05, 0.1) is 0 Å². The molecule has 0 aliphatic carbocycles. The molecule has 0 aliphatic rings. The molecular formula is C8H16ClN. The molecule has 0 aliphatic heterocycles. The number of nitrogens with one attached hydrogen (secondary N) is 1. The number of hydrogen-bond acceptors (Lipinski definition) is 1. The second-order valence-corrected chi connectivity index (χ2v) is 1.54. The predicted molar refractivity (Wildman–Crippen MR) is 49.4 cm³/mol. The quantitative estimate of drug-likeness (QED) is 0.496. The number of allylic oxidation sites excluding steroid dienone is 3. The van der Waals surface area contributed by atoms with Crippen molar-refractivity contribution >= 4 is 11.6 Å². The molecule has 2 heteroatoms. The number of hydrogen-bond donors (Lipinski definition) is 1. The molecule has 1 nitrogen and oxygen atoms in total. The molecule has 0 unspecified atom stereocenters. The molecular weight excluding hydrogens is 146 g/mol. The minimum Gasteiger partial charge on any atom is -0.394 e. The lowest BCUT2D eigenvalue weighted by molar-refractivity contribution is 1.10. The van der Waals surface area contributed by atoms with Crippen molar-refractivity contribution < 1.29 is 0 Å². The van der Waals surface area contributed by atoms with Crippen LogP contribution in [0.2, 0.25) is 0 Å². The lowest BCUT2D eigenvalue weighted by Gasteiger charge is -1.78. The fraction of sp³-hybridized carbons (Fsp3) is 0.500. The highest BCUT2D eigenvalue weighted by molar-refractivity contribution is 6.18. The molecule has 0 rings (SSSR count). The average molecular weight is 162 g/mol. The van der Waals surface area contributed by atoms with Crippen molar-refractivity contribution in [1.82, 2.24) is 5.32 Å². The van der Waals surface area contributed by atoms with Gasteiger partial charge in [0.25, 0.3) is 0 Å². The summed E-state index contributed by atoms with van der Waals surface area (Å²) in [4.78, 5) is 0. The topological polar surface area (TPSA) is 12.0 Å². The van der Waals surface area contributed by atoms with Gasteiger partial charge in [0, 0.05) is 12.9 Å². The van der Waals surface area contributed by atoms with Gasteiger partial charge in [-0.2, -0.15) is 0 Å². The van der Waals surface area contributed by atoms with Crippen LogP contribution in [0.15, 0.2) is 24.4 Å². The van der Waals surface area contributed by atoms with E-state index < -0.39 is 0 Å². The second-order valence-electron chi connectivity index (χ2n) is 1.23. The molecule has 0 heterocycles. The summed E-state index contributed by atoms with van der Waals surface area (Å²) in [6.07, 6.45) is 7.49. The van der Waals surface area contributed by atoms with Crippen LogP contribution in [-0.4, -0.2) is 12.9 Å². The Morgan fingerprint density at radius 1 is 1.30 bits per heavy atom. The Morgan fingerprint density at radius 2 is 1.90 bits per heavy atom. The monoisotopic (exact) mass is 161 g/mol. The maximum atomic E-state index is 5.34. The van der Waals surface area contributed by atoms with Gasteiger partial charge < -0.3 is 5.32 Å². The highest BCUT2D eigenvalue weighted by Gasteiger charge is 1.61. The summed E-state index contributed by atoms with van der Waals surface area (Å²) in [6, 6.07) is 0.